The van der Waals surface area contributed by atoms with Crippen LogP contribution in [-0.2, 0) is 19.5 Å². The predicted molar refractivity (Wildman–Crippen MR) is 97.7 cm³/mol. The van der Waals surface area contributed by atoms with Gasteiger partial charge in [-0.1, -0.05) is 0 Å². The summed E-state index contributed by atoms with van der Waals surface area (Å²) in [7, 11) is -0.195. The average molecular weight is 393 g/mol. The number of methoxy groups -OCH3 is 3. The van der Waals surface area contributed by atoms with Crippen molar-refractivity contribution < 1.29 is 32.2 Å². The van der Waals surface area contributed by atoms with Gasteiger partial charge in [0.15, 0.2) is 0 Å². The highest BCUT2D eigenvalue weighted by atomic mass is 32.2. The molecule has 0 radical (unpaired) electrons. The Bertz CT molecular complexity index is 983. The predicted octanol–water partition coefficient (Wildman–Crippen LogP) is 2.38. The van der Waals surface area contributed by atoms with Gasteiger partial charge in [-0.15, -0.1) is 0 Å². The van der Waals surface area contributed by atoms with E-state index < -0.39 is 22.0 Å². The number of carbonyl (C=O) groups is 2. The Morgan fingerprint density at radius 3 is 2.15 bits per heavy atom. The maximum atomic E-state index is 12.7. The Morgan fingerprint density at radius 2 is 1.59 bits per heavy atom. The number of hydrogen-bond donors (Lipinski definition) is 1. The summed E-state index contributed by atoms with van der Waals surface area (Å²) in [6.45, 7) is 1.70. The van der Waals surface area contributed by atoms with E-state index in [9.17, 15) is 18.0 Å². The van der Waals surface area contributed by atoms with Crippen LogP contribution in [0.5, 0.6) is 5.75 Å². The number of rotatable bonds is 6. The van der Waals surface area contributed by atoms with E-state index in [1.165, 1.54) is 57.7 Å². The van der Waals surface area contributed by atoms with Gasteiger partial charge < -0.3 is 14.2 Å². The zero-order valence-corrected chi connectivity index (χ0v) is 16.0. The zero-order valence-electron chi connectivity index (χ0n) is 15.2. The highest BCUT2D eigenvalue weighted by molar-refractivity contribution is 7.92. The molecule has 0 atom stereocenters. The average Bonchev–Trinajstić information content (AvgIpc) is 2.66. The summed E-state index contributed by atoms with van der Waals surface area (Å²) in [5, 5.41) is 0. The maximum Gasteiger partial charge on any atom is 0.339 e. The Kier molecular flexibility index (Phi) is 6.06. The molecule has 0 aromatic heterocycles. The lowest BCUT2D eigenvalue weighted by Crippen LogP contribution is -2.17. The van der Waals surface area contributed by atoms with Crippen LogP contribution in [0.15, 0.2) is 41.3 Å². The van der Waals surface area contributed by atoms with E-state index in [0.717, 1.165) is 0 Å². The van der Waals surface area contributed by atoms with Gasteiger partial charge >= 0.3 is 11.9 Å². The normalized spacial score (nSPS) is 10.8. The highest BCUT2D eigenvalue weighted by Gasteiger charge is 2.22. The number of carbonyl (C=O) groups excluding carboxylic acids is 2. The zero-order chi connectivity index (χ0) is 20.2. The topological polar surface area (TPSA) is 108 Å². The fraction of sp³-hybridized carbons (Fsp3) is 0.222. The van der Waals surface area contributed by atoms with Crippen LogP contribution in [0.1, 0.15) is 26.3 Å². The molecule has 0 heterocycles. The highest BCUT2D eigenvalue weighted by Crippen LogP contribution is 2.26. The minimum absolute atomic E-state index is 0.0277. The first-order valence-corrected chi connectivity index (χ1v) is 9.20. The molecule has 0 saturated carbocycles. The number of aryl methyl sites for hydroxylation is 1. The van der Waals surface area contributed by atoms with Crippen LogP contribution in [0.4, 0.5) is 5.69 Å². The number of sulfonamides is 1. The summed E-state index contributed by atoms with van der Waals surface area (Å²) in [5.41, 5.74) is 0.558. The molecule has 0 aliphatic carbocycles. The smallest absolute Gasteiger partial charge is 0.339 e. The molecule has 1 N–H and O–H groups in total. The molecule has 0 spiro atoms. The van der Waals surface area contributed by atoms with Crippen LogP contribution >= 0.6 is 0 Å². The second-order valence-electron chi connectivity index (χ2n) is 5.48. The summed E-state index contributed by atoms with van der Waals surface area (Å²) in [4.78, 5) is 23.7. The van der Waals surface area contributed by atoms with Crippen molar-refractivity contribution in [2.75, 3.05) is 26.1 Å². The number of esters is 2. The minimum atomic E-state index is -4.04. The van der Waals surface area contributed by atoms with Crippen LogP contribution in [0.25, 0.3) is 0 Å². The van der Waals surface area contributed by atoms with Crippen molar-refractivity contribution in [2.24, 2.45) is 0 Å². The third-order valence-electron chi connectivity index (χ3n) is 3.77. The number of ether oxygens (including phenoxy) is 3. The molecule has 0 aliphatic rings. The SMILES string of the molecule is COC(=O)c1ccc(C(=O)OC)c(NS(=O)(=O)c2ccc(OC)c(C)c2)c1. The largest absolute Gasteiger partial charge is 0.496 e. The van der Waals surface area contributed by atoms with Gasteiger partial charge in [0.25, 0.3) is 10.0 Å². The van der Waals surface area contributed by atoms with E-state index in [4.69, 9.17) is 4.74 Å². The lowest BCUT2D eigenvalue weighted by molar-refractivity contribution is 0.0587. The van der Waals surface area contributed by atoms with E-state index in [0.29, 0.717) is 11.3 Å². The lowest BCUT2D eigenvalue weighted by Gasteiger charge is -2.14. The fourth-order valence-electron chi connectivity index (χ4n) is 2.38. The van der Waals surface area contributed by atoms with Crippen LogP contribution in [0.3, 0.4) is 0 Å². The van der Waals surface area contributed by atoms with Crippen molar-refractivity contribution in [3.8, 4) is 5.75 Å². The molecule has 0 aliphatic heterocycles. The Labute approximate surface area is 157 Å². The van der Waals surface area contributed by atoms with Crippen LogP contribution in [0.2, 0.25) is 0 Å². The first-order chi connectivity index (χ1) is 12.7. The number of anilines is 1. The van der Waals surface area contributed by atoms with E-state index >= 15 is 0 Å². The van der Waals surface area contributed by atoms with Gasteiger partial charge in [-0.25, -0.2) is 18.0 Å². The molecule has 144 valence electrons. The van der Waals surface area contributed by atoms with Gasteiger partial charge in [0.2, 0.25) is 0 Å². The summed E-state index contributed by atoms with van der Waals surface area (Å²) < 4.78 is 42.2. The van der Waals surface area contributed by atoms with Crippen molar-refractivity contribution in [2.45, 2.75) is 11.8 Å². The molecule has 0 fully saturated rings. The van der Waals surface area contributed by atoms with Gasteiger partial charge in [-0.3, -0.25) is 4.72 Å². The number of benzene rings is 2. The van der Waals surface area contributed by atoms with Gasteiger partial charge in [0.05, 0.1) is 43.0 Å². The number of hydrogen-bond acceptors (Lipinski definition) is 7. The Hall–Kier alpha value is -3.07. The standard InChI is InChI=1S/C18H19NO7S/c1-11-9-13(6-8-16(11)24-2)27(22,23)19-15-10-12(17(20)25-3)5-7-14(15)18(21)26-4/h5-10,19H,1-4H3. The molecule has 9 heteroatoms. The third kappa shape index (κ3) is 4.37. The molecule has 0 amide bonds. The summed E-state index contributed by atoms with van der Waals surface area (Å²) in [6, 6.07) is 8.17. The van der Waals surface area contributed by atoms with Crippen molar-refractivity contribution in [3.05, 3.63) is 53.1 Å². The van der Waals surface area contributed by atoms with Crippen molar-refractivity contribution >= 4 is 27.6 Å². The third-order valence-corrected chi connectivity index (χ3v) is 5.13. The first-order valence-electron chi connectivity index (χ1n) is 7.71. The van der Waals surface area contributed by atoms with Gasteiger partial charge in [0.1, 0.15) is 5.75 Å². The van der Waals surface area contributed by atoms with Crippen LogP contribution in [-0.4, -0.2) is 41.7 Å². The van der Waals surface area contributed by atoms with Crippen LogP contribution < -0.4 is 9.46 Å². The molecule has 0 unspecified atom stereocenters. The molecular formula is C18H19NO7S. The molecule has 8 nitrogen and oxygen atoms in total. The monoisotopic (exact) mass is 393 g/mol. The van der Waals surface area contributed by atoms with Gasteiger partial charge in [-0.2, -0.15) is 0 Å². The second kappa shape index (κ2) is 8.09. The molecule has 0 bridgehead atoms. The maximum absolute atomic E-state index is 12.7. The second-order valence-corrected chi connectivity index (χ2v) is 7.16. The molecule has 2 rings (SSSR count). The van der Waals surface area contributed by atoms with Crippen molar-refractivity contribution in [1.82, 2.24) is 0 Å². The summed E-state index contributed by atoms with van der Waals surface area (Å²) in [5.74, 6) is -0.890. The summed E-state index contributed by atoms with van der Waals surface area (Å²) in [6.07, 6.45) is 0. The van der Waals surface area contributed by atoms with E-state index in [-0.39, 0.29) is 21.7 Å². The van der Waals surface area contributed by atoms with Crippen molar-refractivity contribution in [3.63, 3.8) is 0 Å². The molecule has 27 heavy (non-hydrogen) atoms. The molecule has 2 aromatic carbocycles. The van der Waals surface area contributed by atoms with Gasteiger partial charge in [-0.05, 0) is 48.9 Å². The fourth-order valence-corrected chi connectivity index (χ4v) is 3.54. The quantitative estimate of drug-likeness (QED) is 0.751. The van der Waals surface area contributed by atoms with Crippen molar-refractivity contribution in [1.29, 1.82) is 0 Å². The number of nitrogens with one attached hydrogen (secondary N) is 1. The van der Waals surface area contributed by atoms with E-state index in [2.05, 4.69) is 14.2 Å². The Morgan fingerprint density at radius 1 is 0.926 bits per heavy atom. The molecule has 2 aromatic rings. The molecule has 0 saturated heterocycles. The van der Waals surface area contributed by atoms with E-state index in [1.54, 1.807) is 6.92 Å². The first kappa shape index (κ1) is 20.2. The van der Waals surface area contributed by atoms with E-state index in [1.807, 2.05) is 0 Å². The lowest BCUT2D eigenvalue weighted by atomic mass is 10.1. The van der Waals surface area contributed by atoms with Gasteiger partial charge in [0, 0.05) is 0 Å². The summed E-state index contributed by atoms with van der Waals surface area (Å²) >= 11 is 0. The molecular weight excluding hydrogens is 374 g/mol. The minimum Gasteiger partial charge on any atom is -0.496 e. The Balaban J connectivity index is 2.51. The van der Waals surface area contributed by atoms with Crippen LogP contribution in [0, 0.1) is 6.92 Å².